The predicted octanol–water partition coefficient (Wildman–Crippen LogP) is 4.38. The van der Waals surface area contributed by atoms with Gasteiger partial charge in [-0.15, -0.1) is 0 Å². The summed E-state index contributed by atoms with van der Waals surface area (Å²) < 4.78 is 13.0. The molecule has 0 spiro atoms. The van der Waals surface area contributed by atoms with E-state index < -0.39 is 6.17 Å². The highest BCUT2D eigenvalue weighted by Crippen LogP contribution is 2.22. The van der Waals surface area contributed by atoms with Gasteiger partial charge in [0.1, 0.15) is 6.17 Å². The van der Waals surface area contributed by atoms with Gasteiger partial charge in [-0.2, -0.15) is 0 Å². The molecule has 2 aromatic rings. The van der Waals surface area contributed by atoms with Gasteiger partial charge in [0.15, 0.2) is 0 Å². The maximum atomic E-state index is 13.0. The van der Waals surface area contributed by atoms with Crippen LogP contribution in [0.4, 0.5) is 4.39 Å². The molecule has 1 heteroatoms. The second kappa shape index (κ2) is 4.26. The molecular weight excluding hydrogens is 187 g/mol. The highest BCUT2D eigenvalue weighted by molar-refractivity contribution is 5.63. The summed E-state index contributed by atoms with van der Waals surface area (Å²) in [7, 11) is 0. The van der Waals surface area contributed by atoms with E-state index in [2.05, 4.69) is 0 Å². The minimum absolute atomic E-state index is 0.731. The standard InChI is InChI=1S/C14H13F/c1-11(15)12-7-9-14(10-8-12)13-5-3-2-4-6-13/h2-11H,1H3/t11-/m1/s1. The smallest absolute Gasteiger partial charge is 0.122 e. The third-order valence-corrected chi connectivity index (χ3v) is 2.48. The first kappa shape index (κ1) is 9.91. The summed E-state index contributed by atoms with van der Waals surface area (Å²) in [5.41, 5.74) is 3.02. The summed E-state index contributed by atoms with van der Waals surface area (Å²) in [6.45, 7) is 1.55. The van der Waals surface area contributed by atoms with Crippen LogP contribution in [-0.4, -0.2) is 0 Å². The fraction of sp³-hybridized carbons (Fsp3) is 0.143. The summed E-state index contributed by atoms with van der Waals surface area (Å²) in [6, 6.07) is 17.7. The topological polar surface area (TPSA) is 0 Å². The van der Waals surface area contributed by atoms with Crippen molar-refractivity contribution in [3.05, 3.63) is 60.2 Å². The molecule has 0 aliphatic heterocycles. The lowest BCUT2D eigenvalue weighted by molar-refractivity contribution is 0.374. The SMILES string of the molecule is C[C@@H](F)c1ccc(-c2ccccc2)cc1. The third kappa shape index (κ3) is 2.24. The van der Waals surface area contributed by atoms with E-state index in [0.717, 1.165) is 16.7 Å². The van der Waals surface area contributed by atoms with Crippen LogP contribution in [0.5, 0.6) is 0 Å². The fourth-order valence-corrected chi connectivity index (χ4v) is 1.57. The number of benzene rings is 2. The summed E-state index contributed by atoms with van der Waals surface area (Å²) in [6.07, 6.45) is -0.894. The van der Waals surface area contributed by atoms with Crippen LogP contribution in [0.2, 0.25) is 0 Å². The average molecular weight is 200 g/mol. The minimum Gasteiger partial charge on any atom is -0.243 e. The summed E-state index contributed by atoms with van der Waals surface area (Å²) in [5.74, 6) is 0. The van der Waals surface area contributed by atoms with Crippen LogP contribution in [0.1, 0.15) is 18.7 Å². The summed E-state index contributed by atoms with van der Waals surface area (Å²) in [5, 5.41) is 0. The Balaban J connectivity index is 2.32. The predicted molar refractivity (Wildman–Crippen MR) is 61.4 cm³/mol. The molecule has 1 atom stereocenters. The van der Waals surface area contributed by atoms with Gasteiger partial charge < -0.3 is 0 Å². The van der Waals surface area contributed by atoms with Crippen LogP contribution < -0.4 is 0 Å². The molecule has 0 saturated heterocycles. The second-order valence-corrected chi connectivity index (χ2v) is 3.60. The van der Waals surface area contributed by atoms with Gasteiger partial charge in [0, 0.05) is 0 Å². The first-order chi connectivity index (χ1) is 7.27. The van der Waals surface area contributed by atoms with Gasteiger partial charge in [0.25, 0.3) is 0 Å². The molecule has 0 heterocycles. The maximum absolute atomic E-state index is 13.0. The van der Waals surface area contributed by atoms with Gasteiger partial charge in [-0.05, 0) is 23.6 Å². The van der Waals surface area contributed by atoms with Crippen molar-refractivity contribution in [1.82, 2.24) is 0 Å². The molecule has 0 radical (unpaired) electrons. The molecule has 0 nitrogen and oxygen atoms in total. The Morgan fingerprint density at radius 1 is 0.800 bits per heavy atom. The van der Waals surface area contributed by atoms with Crippen molar-refractivity contribution in [3.8, 4) is 11.1 Å². The Hall–Kier alpha value is -1.63. The lowest BCUT2D eigenvalue weighted by atomic mass is 10.0. The van der Waals surface area contributed by atoms with Gasteiger partial charge in [-0.3, -0.25) is 0 Å². The molecule has 0 aliphatic carbocycles. The van der Waals surface area contributed by atoms with Crippen LogP contribution in [0, 0.1) is 0 Å². The van der Waals surface area contributed by atoms with Crippen molar-refractivity contribution in [1.29, 1.82) is 0 Å². The molecule has 0 aromatic heterocycles. The van der Waals surface area contributed by atoms with Gasteiger partial charge in [-0.25, -0.2) is 4.39 Å². The van der Waals surface area contributed by atoms with Crippen molar-refractivity contribution in [2.75, 3.05) is 0 Å². The Morgan fingerprint density at radius 2 is 1.33 bits per heavy atom. The molecule has 76 valence electrons. The maximum Gasteiger partial charge on any atom is 0.122 e. The lowest BCUT2D eigenvalue weighted by Crippen LogP contribution is -1.85. The Morgan fingerprint density at radius 3 is 1.87 bits per heavy atom. The van der Waals surface area contributed by atoms with Gasteiger partial charge in [0.05, 0.1) is 0 Å². The second-order valence-electron chi connectivity index (χ2n) is 3.60. The fourth-order valence-electron chi connectivity index (χ4n) is 1.57. The van der Waals surface area contributed by atoms with Crippen LogP contribution >= 0.6 is 0 Å². The van der Waals surface area contributed by atoms with Crippen molar-refractivity contribution in [2.24, 2.45) is 0 Å². The van der Waals surface area contributed by atoms with Crippen molar-refractivity contribution >= 4 is 0 Å². The van der Waals surface area contributed by atoms with E-state index in [-0.39, 0.29) is 0 Å². The molecule has 0 N–H and O–H groups in total. The number of halogens is 1. The lowest BCUT2D eigenvalue weighted by Gasteiger charge is -2.04. The zero-order valence-electron chi connectivity index (χ0n) is 8.65. The van der Waals surface area contributed by atoms with Crippen molar-refractivity contribution in [3.63, 3.8) is 0 Å². The first-order valence-electron chi connectivity index (χ1n) is 5.07. The van der Waals surface area contributed by atoms with E-state index >= 15 is 0 Å². The molecule has 0 saturated carbocycles. The summed E-state index contributed by atoms with van der Waals surface area (Å²) in [4.78, 5) is 0. The summed E-state index contributed by atoms with van der Waals surface area (Å²) >= 11 is 0. The Labute approximate surface area is 89.4 Å². The van der Waals surface area contributed by atoms with Crippen LogP contribution in [0.3, 0.4) is 0 Å². The quantitative estimate of drug-likeness (QED) is 0.674. The van der Waals surface area contributed by atoms with Crippen molar-refractivity contribution < 1.29 is 4.39 Å². The molecule has 2 aromatic carbocycles. The zero-order chi connectivity index (χ0) is 10.7. The zero-order valence-corrected chi connectivity index (χ0v) is 8.65. The normalized spacial score (nSPS) is 12.4. The molecule has 0 bridgehead atoms. The first-order valence-corrected chi connectivity index (χ1v) is 5.07. The van der Waals surface area contributed by atoms with E-state index in [1.807, 2.05) is 54.6 Å². The Kier molecular flexibility index (Phi) is 2.82. The van der Waals surface area contributed by atoms with E-state index in [0.29, 0.717) is 0 Å². The average Bonchev–Trinajstić information content (AvgIpc) is 2.30. The van der Waals surface area contributed by atoms with Crippen LogP contribution in [-0.2, 0) is 0 Å². The van der Waals surface area contributed by atoms with E-state index in [9.17, 15) is 4.39 Å². The third-order valence-electron chi connectivity index (χ3n) is 2.48. The van der Waals surface area contributed by atoms with Gasteiger partial charge in [-0.1, -0.05) is 54.6 Å². The highest BCUT2D eigenvalue weighted by atomic mass is 19.1. The number of hydrogen-bond donors (Lipinski definition) is 0. The highest BCUT2D eigenvalue weighted by Gasteiger charge is 2.02. The van der Waals surface area contributed by atoms with E-state index in [4.69, 9.17) is 0 Å². The molecule has 0 fully saturated rings. The molecule has 15 heavy (non-hydrogen) atoms. The van der Waals surface area contributed by atoms with Gasteiger partial charge >= 0.3 is 0 Å². The molecule has 2 rings (SSSR count). The van der Waals surface area contributed by atoms with Gasteiger partial charge in [0.2, 0.25) is 0 Å². The van der Waals surface area contributed by atoms with E-state index in [1.165, 1.54) is 0 Å². The molecule has 0 amide bonds. The van der Waals surface area contributed by atoms with Crippen LogP contribution in [0.15, 0.2) is 54.6 Å². The number of alkyl halides is 1. The number of hydrogen-bond acceptors (Lipinski definition) is 0. The number of rotatable bonds is 2. The van der Waals surface area contributed by atoms with Crippen molar-refractivity contribution in [2.45, 2.75) is 13.1 Å². The largest absolute Gasteiger partial charge is 0.243 e. The minimum atomic E-state index is -0.894. The molecule has 0 unspecified atom stereocenters. The van der Waals surface area contributed by atoms with E-state index in [1.54, 1.807) is 6.92 Å². The van der Waals surface area contributed by atoms with Crippen LogP contribution in [0.25, 0.3) is 11.1 Å². The Bertz CT molecular complexity index is 415. The monoisotopic (exact) mass is 200 g/mol. The molecule has 0 aliphatic rings. The molecular formula is C14H13F.